The van der Waals surface area contributed by atoms with Gasteiger partial charge in [0.05, 0.1) is 21.2 Å². The third-order valence-corrected chi connectivity index (χ3v) is 5.80. The summed E-state index contributed by atoms with van der Waals surface area (Å²) in [7, 11) is 0. The fourth-order valence-corrected chi connectivity index (χ4v) is 3.95. The molecule has 0 aliphatic carbocycles. The van der Waals surface area contributed by atoms with E-state index in [4.69, 9.17) is 39.8 Å². The van der Waals surface area contributed by atoms with Gasteiger partial charge in [-0.3, -0.25) is 10.1 Å². The number of halogens is 5. The van der Waals surface area contributed by atoms with E-state index < -0.39 is 17.5 Å². The van der Waals surface area contributed by atoms with Crippen LogP contribution in [0.15, 0.2) is 52.9 Å². The Bertz CT molecular complexity index is 1400. The van der Waals surface area contributed by atoms with Crippen molar-refractivity contribution in [1.29, 1.82) is 0 Å². The molecule has 162 valence electrons. The number of carbonyl (C=O) groups excluding carboxylic acids is 1. The Balaban J connectivity index is 1.53. The van der Waals surface area contributed by atoms with Crippen molar-refractivity contribution in [2.24, 2.45) is 0 Å². The zero-order valence-electron chi connectivity index (χ0n) is 15.7. The number of benzene rings is 3. The highest BCUT2D eigenvalue weighted by Crippen LogP contribution is 2.32. The third-order valence-electron chi connectivity index (χ3n) is 4.29. The molecular formula is C21H10Cl2F2IN3O2S. The molecule has 4 rings (SSSR count). The van der Waals surface area contributed by atoms with Gasteiger partial charge in [-0.15, -0.1) is 0 Å². The second kappa shape index (κ2) is 9.26. The lowest BCUT2D eigenvalue weighted by Gasteiger charge is -2.10. The van der Waals surface area contributed by atoms with Gasteiger partial charge < -0.3 is 9.73 Å². The molecule has 0 saturated carbocycles. The average Bonchev–Trinajstić information content (AvgIpc) is 3.15. The van der Waals surface area contributed by atoms with Gasteiger partial charge in [-0.1, -0.05) is 23.2 Å². The van der Waals surface area contributed by atoms with Crippen LogP contribution in [0.2, 0.25) is 10.0 Å². The number of nitrogens with one attached hydrogen (secondary N) is 2. The number of oxazole rings is 1. The molecule has 2 N–H and O–H groups in total. The van der Waals surface area contributed by atoms with Gasteiger partial charge in [-0.2, -0.15) is 0 Å². The maximum Gasteiger partial charge on any atom is 0.258 e. The summed E-state index contributed by atoms with van der Waals surface area (Å²) in [6.45, 7) is 0. The van der Waals surface area contributed by atoms with E-state index in [1.807, 2.05) is 0 Å². The largest absolute Gasteiger partial charge is 0.436 e. The Hall–Kier alpha value is -2.34. The van der Waals surface area contributed by atoms with Gasteiger partial charge in [0.2, 0.25) is 5.89 Å². The van der Waals surface area contributed by atoms with E-state index in [0.29, 0.717) is 27.4 Å². The van der Waals surface area contributed by atoms with E-state index in [0.717, 1.165) is 15.7 Å². The van der Waals surface area contributed by atoms with Gasteiger partial charge >= 0.3 is 0 Å². The van der Waals surface area contributed by atoms with Gasteiger partial charge in [0.25, 0.3) is 5.91 Å². The molecule has 0 spiro atoms. The second-order valence-electron chi connectivity index (χ2n) is 6.48. The topological polar surface area (TPSA) is 67.2 Å². The normalized spacial score (nSPS) is 10.9. The molecule has 5 nitrogen and oxygen atoms in total. The van der Waals surface area contributed by atoms with E-state index in [1.54, 1.807) is 36.4 Å². The van der Waals surface area contributed by atoms with E-state index >= 15 is 0 Å². The van der Waals surface area contributed by atoms with Gasteiger partial charge in [-0.05, 0) is 83.3 Å². The van der Waals surface area contributed by atoms with Crippen LogP contribution in [-0.4, -0.2) is 16.0 Å². The van der Waals surface area contributed by atoms with Crippen LogP contribution < -0.4 is 10.6 Å². The summed E-state index contributed by atoms with van der Waals surface area (Å²) in [6.07, 6.45) is 0. The fourth-order valence-electron chi connectivity index (χ4n) is 2.81. The lowest BCUT2D eigenvalue weighted by Crippen LogP contribution is -2.34. The Morgan fingerprint density at radius 2 is 1.78 bits per heavy atom. The van der Waals surface area contributed by atoms with Crippen molar-refractivity contribution in [1.82, 2.24) is 10.3 Å². The second-order valence-corrected chi connectivity index (χ2v) is 8.95. The highest BCUT2D eigenvalue weighted by Gasteiger charge is 2.17. The standard InChI is InChI=1S/C21H10Cl2F2IN3O2S/c22-13-3-1-9(26)5-11(13)19(30)29-21(32)27-10-2-4-18-17(6-10)28-20(31-18)12-7-15(24)16(25)8-14(12)23/h1-8H,(H2,27,29,30,32). The summed E-state index contributed by atoms with van der Waals surface area (Å²) in [6, 6.07) is 11.7. The van der Waals surface area contributed by atoms with Crippen LogP contribution in [0.3, 0.4) is 0 Å². The molecule has 0 saturated heterocycles. The Morgan fingerprint density at radius 1 is 1.03 bits per heavy atom. The lowest BCUT2D eigenvalue weighted by molar-refractivity contribution is 0.0978. The molecule has 0 bridgehead atoms. The number of carbonyl (C=O) groups is 1. The van der Waals surface area contributed by atoms with Crippen LogP contribution in [0.5, 0.6) is 0 Å². The first-order valence-electron chi connectivity index (χ1n) is 8.84. The lowest BCUT2D eigenvalue weighted by atomic mass is 10.2. The predicted molar refractivity (Wildman–Crippen MR) is 132 cm³/mol. The summed E-state index contributed by atoms with van der Waals surface area (Å²) in [5, 5.41) is 5.77. The van der Waals surface area contributed by atoms with Crippen LogP contribution in [0.4, 0.5) is 14.5 Å². The number of aromatic nitrogens is 1. The molecule has 0 radical (unpaired) electrons. The van der Waals surface area contributed by atoms with Crippen molar-refractivity contribution < 1.29 is 18.0 Å². The van der Waals surface area contributed by atoms with Crippen molar-refractivity contribution in [2.75, 3.05) is 5.32 Å². The zero-order valence-corrected chi connectivity index (χ0v) is 20.2. The van der Waals surface area contributed by atoms with Crippen molar-refractivity contribution in [2.45, 2.75) is 0 Å². The number of fused-ring (bicyclic) bond motifs is 1. The minimum atomic E-state index is -1.07. The Labute approximate surface area is 209 Å². The molecule has 0 aliphatic rings. The van der Waals surface area contributed by atoms with Gasteiger partial charge in [0.15, 0.2) is 22.3 Å². The van der Waals surface area contributed by atoms with Gasteiger partial charge in [0.1, 0.15) is 5.52 Å². The van der Waals surface area contributed by atoms with Crippen LogP contribution >= 0.6 is 58.0 Å². The van der Waals surface area contributed by atoms with E-state index in [-0.39, 0.29) is 21.6 Å². The van der Waals surface area contributed by atoms with Crippen molar-refractivity contribution in [3.05, 3.63) is 79.3 Å². The van der Waals surface area contributed by atoms with Crippen LogP contribution in [0.25, 0.3) is 22.6 Å². The number of rotatable bonds is 3. The maximum absolute atomic E-state index is 13.6. The minimum absolute atomic E-state index is 0.0326. The first kappa shape index (κ1) is 22.8. The van der Waals surface area contributed by atoms with Crippen molar-refractivity contribution >= 4 is 85.8 Å². The number of thiocarbonyl (C=S) groups is 1. The SMILES string of the molecule is O=C(NC(=S)Nc1ccc2oc(-c3cc(F)c(F)cc3Cl)nc2c1)c1cc(I)ccc1Cl. The quantitative estimate of drug-likeness (QED) is 0.153. The summed E-state index contributed by atoms with van der Waals surface area (Å²) in [5.41, 5.74) is 1.75. The smallest absolute Gasteiger partial charge is 0.258 e. The summed E-state index contributed by atoms with van der Waals surface area (Å²) < 4.78 is 33.4. The van der Waals surface area contributed by atoms with Crippen LogP contribution in [0, 0.1) is 15.2 Å². The molecule has 1 heterocycles. The first-order valence-corrected chi connectivity index (χ1v) is 11.1. The van der Waals surface area contributed by atoms with Gasteiger partial charge in [-0.25, -0.2) is 13.8 Å². The molecule has 0 unspecified atom stereocenters. The van der Waals surface area contributed by atoms with Crippen LogP contribution in [0.1, 0.15) is 10.4 Å². The summed E-state index contributed by atoms with van der Waals surface area (Å²) >= 11 is 19.4. The molecule has 1 amide bonds. The molecule has 11 heteroatoms. The molecular weight excluding hydrogens is 594 g/mol. The minimum Gasteiger partial charge on any atom is -0.436 e. The maximum atomic E-state index is 13.6. The van der Waals surface area contributed by atoms with Crippen molar-refractivity contribution in [3.8, 4) is 11.5 Å². The highest BCUT2D eigenvalue weighted by atomic mass is 127. The molecule has 32 heavy (non-hydrogen) atoms. The van der Waals surface area contributed by atoms with E-state index in [9.17, 15) is 13.6 Å². The number of nitrogens with zero attached hydrogens (tertiary/aromatic N) is 1. The molecule has 4 aromatic rings. The zero-order chi connectivity index (χ0) is 23.0. The third kappa shape index (κ3) is 4.85. The number of hydrogen-bond acceptors (Lipinski definition) is 4. The monoisotopic (exact) mass is 603 g/mol. The molecule has 0 atom stereocenters. The number of hydrogen-bond donors (Lipinski definition) is 2. The van der Waals surface area contributed by atoms with Gasteiger partial charge in [0, 0.05) is 9.26 Å². The number of amides is 1. The summed E-state index contributed by atoms with van der Waals surface area (Å²) in [4.78, 5) is 16.7. The number of anilines is 1. The molecule has 1 aromatic heterocycles. The first-order chi connectivity index (χ1) is 15.2. The van der Waals surface area contributed by atoms with Crippen molar-refractivity contribution in [3.63, 3.8) is 0 Å². The summed E-state index contributed by atoms with van der Waals surface area (Å²) in [5.74, 6) is -2.55. The molecule has 0 fully saturated rings. The average molecular weight is 604 g/mol. The van der Waals surface area contributed by atoms with E-state index in [1.165, 1.54) is 0 Å². The Morgan fingerprint density at radius 3 is 2.56 bits per heavy atom. The van der Waals surface area contributed by atoms with E-state index in [2.05, 4.69) is 38.2 Å². The predicted octanol–water partition coefficient (Wildman–Crippen LogP) is 6.81. The van der Waals surface area contributed by atoms with Crippen LogP contribution in [-0.2, 0) is 0 Å². The molecule has 0 aliphatic heterocycles. The fraction of sp³-hybridized carbons (Fsp3) is 0. The highest BCUT2D eigenvalue weighted by molar-refractivity contribution is 14.1. The Kier molecular flexibility index (Phi) is 6.61. The molecule has 3 aromatic carbocycles.